The molecule has 2 rings (SSSR count). The Bertz CT molecular complexity index is 416. The number of ether oxygens (including phenoxy) is 2. The van der Waals surface area contributed by atoms with Crippen molar-refractivity contribution in [3.8, 4) is 5.75 Å². The number of hydrogen-bond donors (Lipinski definition) is 1. The minimum Gasteiger partial charge on any atom is -0.490 e. The number of rotatable bonds is 5. The third-order valence-corrected chi connectivity index (χ3v) is 4.00. The number of benzene rings is 1. The molecule has 1 aromatic carbocycles. The van der Waals surface area contributed by atoms with Crippen LogP contribution in [0, 0.1) is 13.8 Å². The van der Waals surface area contributed by atoms with Crippen LogP contribution in [0.5, 0.6) is 5.75 Å². The maximum Gasteiger partial charge on any atom is 0.125 e. The van der Waals surface area contributed by atoms with Crippen LogP contribution in [-0.2, 0) is 11.2 Å². The lowest BCUT2D eigenvalue weighted by atomic mass is 9.99. The molecular weight excluding hydrogens is 250 g/mol. The van der Waals surface area contributed by atoms with E-state index >= 15 is 0 Å². The van der Waals surface area contributed by atoms with Crippen molar-refractivity contribution in [3.63, 3.8) is 0 Å². The van der Waals surface area contributed by atoms with Gasteiger partial charge in [-0.1, -0.05) is 19.1 Å². The first-order valence-corrected chi connectivity index (χ1v) is 7.70. The minimum absolute atomic E-state index is 0.246. The van der Waals surface area contributed by atoms with Gasteiger partial charge in [0.05, 0.1) is 13.2 Å². The highest BCUT2D eigenvalue weighted by Crippen LogP contribution is 2.28. The van der Waals surface area contributed by atoms with E-state index in [4.69, 9.17) is 15.2 Å². The summed E-state index contributed by atoms with van der Waals surface area (Å²) in [5, 5.41) is 0. The molecule has 1 atom stereocenters. The van der Waals surface area contributed by atoms with Gasteiger partial charge in [-0.3, -0.25) is 0 Å². The quantitative estimate of drug-likeness (QED) is 0.899. The summed E-state index contributed by atoms with van der Waals surface area (Å²) in [5.74, 6) is 1.05. The second-order valence-corrected chi connectivity index (χ2v) is 5.86. The number of aryl methyl sites for hydroxylation is 2. The van der Waals surface area contributed by atoms with Gasteiger partial charge < -0.3 is 15.2 Å². The molecule has 1 saturated heterocycles. The van der Waals surface area contributed by atoms with Crippen LogP contribution in [0.2, 0.25) is 0 Å². The van der Waals surface area contributed by atoms with E-state index < -0.39 is 0 Å². The van der Waals surface area contributed by atoms with Gasteiger partial charge in [0, 0.05) is 18.9 Å². The fourth-order valence-electron chi connectivity index (χ4n) is 2.75. The molecule has 112 valence electrons. The van der Waals surface area contributed by atoms with Crippen LogP contribution < -0.4 is 10.5 Å². The molecule has 0 saturated carbocycles. The van der Waals surface area contributed by atoms with E-state index in [1.807, 2.05) is 0 Å². The van der Waals surface area contributed by atoms with E-state index in [-0.39, 0.29) is 6.04 Å². The summed E-state index contributed by atoms with van der Waals surface area (Å²) in [6, 6.07) is 4.69. The first-order chi connectivity index (χ1) is 9.60. The Morgan fingerprint density at radius 1 is 1.25 bits per heavy atom. The normalized spacial score (nSPS) is 18.0. The second kappa shape index (κ2) is 7.09. The molecule has 1 heterocycles. The van der Waals surface area contributed by atoms with Crippen LogP contribution in [0.15, 0.2) is 12.1 Å². The molecular formula is C17H27NO2. The Labute approximate surface area is 122 Å². The predicted octanol–water partition coefficient (Wildman–Crippen LogP) is 3.14. The van der Waals surface area contributed by atoms with Gasteiger partial charge in [-0.2, -0.15) is 0 Å². The monoisotopic (exact) mass is 277 g/mol. The van der Waals surface area contributed by atoms with Gasteiger partial charge in [-0.25, -0.2) is 0 Å². The van der Waals surface area contributed by atoms with Crippen LogP contribution in [-0.4, -0.2) is 25.4 Å². The molecule has 1 fully saturated rings. The van der Waals surface area contributed by atoms with Crippen molar-refractivity contribution in [2.24, 2.45) is 5.73 Å². The van der Waals surface area contributed by atoms with Crippen molar-refractivity contribution in [2.45, 2.75) is 58.6 Å². The summed E-state index contributed by atoms with van der Waals surface area (Å²) in [6.07, 6.45) is 4.22. The van der Waals surface area contributed by atoms with Crippen molar-refractivity contribution in [3.05, 3.63) is 28.8 Å². The van der Waals surface area contributed by atoms with E-state index in [0.717, 1.165) is 44.6 Å². The van der Waals surface area contributed by atoms with Gasteiger partial charge in [-0.05, 0) is 43.4 Å². The molecule has 1 aliphatic heterocycles. The zero-order valence-electron chi connectivity index (χ0n) is 12.9. The summed E-state index contributed by atoms with van der Waals surface area (Å²) in [6.45, 7) is 8.01. The summed E-state index contributed by atoms with van der Waals surface area (Å²) in [5.41, 5.74) is 9.80. The Morgan fingerprint density at radius 2 is 1.85 bits per heavy atom. The van der Waals surface area contributed by atoms with Gasteiger partial charge in [0.2, 0.25) is 0 Å². The largest absolute Gasteiger partial charge is 0.490 e. The third-order valence-electron chi connectivity index (χ3n) is 4.00. The van der Waals surface area contributed by atoms with Gasteiger partial charge in [-0.15, -0.1) is 0 Å². The molecule has 0 aromatic heterocycles. The Kier molecular flexibility index (Phi) is 5.44. The summed E-state index contributed by atoms with van der Waals surface area (Å²) < 4.78 is 11.6. The van der Waals surface area contributed by atoms with Gasteiger partial charge in [0.1, 0.15) is 11.9 Å². The standard InChI is InChI=1S/C17H27NO2/c1-4-15(18)11-14-9-12(2)17(13(3)10-14)20-16-5-7-19-8-6-16/h9-10,15-16H,4-8,11,18H2,1-3H3. The molecule has 3 nitrogen and oxygen atoms in total. The average molecular weight is 277 g/mol. The Balaban J connectivity index is 2.09. The van der Waals surface area contributed by atoms with Crippen LogP contribution in [0.4, 0.5) is 0 Å². The molecule has 20 heavy (non-hydrogen) atoms. The zero-order chi connectivity index (χ0) is 14.5. The maximum atomic E-state index is 6.19. The zero-order valence-corrected chi connectivity index (χ0v) is 12.9. The van der Waals surface area contributed by atoms with Crippen LogP contribution in [0.3, 0.4) is 0 Å². The van der Waals surface area contributed by atoms with E-state index in [2.05, 4.69) is 32.9 Å². The number of nitrogens with two attached hydrogens (primary N) is 1. The lowest BCUT2D eigenvalue weighted by Gasteiger charge is -2.25. The van der Waals surface area contributed by atoms with Crippen molar-refractivity contribution in [1.29, 1.82) is 0 Å². The molecule has 2 N–H and O–H groups in total. The third kappa shape index (κ3) is 3.97. The lowest BCUT2D eigenvalue weighted by molar-refractivity contribution is 0.0250. The number of hydrogen-bond acceptors (Lipinski definition) is 3. The van der Waals surface area contributed by atoms with Gasteiger partial charge in [0.15, 0.2) is 0 Å². The minimum atomic E-state index is 0.246. The van der Waals surface area contributed by atoms with Crippen LogP contribution in [0.1, 0.15) is 42.9 Å². The molecule has 3 heteroatoms. The van der Waals surface area contributed by atoms with Crippen LogP contribution in [0.25, 0.3) is 0 Å². The van der Waals surface area contributed by atoms with Gasteiger partial charge in [0.25, 0.3) is 0 Å². The van der Waals surface area contributed by atoms with E-state index in [0.29, 0.717) is 6.10 Å². The first-order valence-electron chi connectivity index (χ1n) is 7.70. The topological polar surface area (TPSA) is 44.5 Å². The summed E-state index contributed by atoms with van der Waals surface area (Å²) in [7, 11) is 0. The molecule has 0 amide bonds. The molecule has 1 aromatic rings. The smallest absolute Gasteiger partial charge is 0.125 e. The average Bonchev–Trinajstić information content (AvgIpc) is 2.44. The Hall–Kier alpha value is -1.06. The van der Waals surface area contributed by atoms with E-state index in [1.54, 1.807) is 0 Å². The molecule has 0 aliphatic carbocycles. The predicted molar refractivity (Wildman–Crippen MR) is 82.4 cm³/mol. The van der Waals surface area contributed by atoms with Crippen LogP contribution >= 0.6 is 0 Å². The van der Waals surface area contributed by atoms with Crippen molar-refractivity contribution in [2.75, 3.05) is 13.2 Å². The second-order valence-electron chi connectivity index (χ2n) is 5.86. The SMILES string of the molecule is CCC(N)Cc1cc(C)c(OC2CCOCC2)c(C)c1. The van der Waals surface area contributed by atoms with Crippen molar-refractivity contribution < 1.29 is 9.47 Å². The highest BCUT2D eigenvalue weighted by Gasteiger charge is 2.17. The molecule has 0 bridgehead atoms. The van der Waals surface area contributed by atoms with E-state index in [9.17, 15) is 0 Å². The van der Waals surface area contributed by atoms with E-state index in [1.165, 1.54) is 16.7 Å². The molecule has 0 spiro atoms. The fourth-order valence-corrected chi connectivity index (χ4v) is 2.75. The molecule has 1 unspecified atom stereocenters. The lowest BCUT2D eigenvalue weighted by Crippen LogP contribution is -2.26. The molecule has 1 aliphatic rings. The summed E-state index contributed by atoms with van der Waals surface area (Å²) >= 11 is 0. The maximum absolute atomic E-state index is 6.19. The van der Waals surface area contributed by atoms with Gasteiger partial charge >= 0.3 is 0 Å². The highest BCUT2D eigenvalue weighted by molar-refractivity contribution is 5.43. The molecule has 0 radical (unpaired) electrons. The summed E-state index contributed by atoms with van der Waals surface area (Å²) in [4.78, 5) is 0. The highest BCUT2D eigenvalue weighted by atomic mass is 16.5. The van der Waals surface area contributed by atoms with Crippen molar-refractivity contribution in [1.82, 2.24) is 0 Å². The fraction of sp³-hybridized carbons (Fsp3) is 0.647. The Morgan fingerprint density at radius 3 is 2.40 bits per heavy atom. The first kappa shape index (κ1) is 15.3. The van der Waals surface area contributed by atoms with Crippen molar-refractivity contribution >= 4 is 0 Å².